The molecule has 0 aliphatic carbocycles. The lowest BCUT2D eigenvalue weighted by molar-refractivity contribution is 0.0951. The van der Waals surface area contributed by atoms with Crippen LogP contribution in [0.4, 0.5) is 0 Å². The number of hydrogen-bond acceptors (Lipinski definition) is 4. The number of nitrogens with one attached hydrogen (secondary N) is 2. The van der Waals surface area contributed by atoms with Crippen molar-refractivity contribution in [3.8, 4) is 0 Å². The van der Waals surface area contributed by atoms with Crippen LogP contribution in [0.1, 0.15) is 23.0 Å². The number of amides is 1. The van der Waals surface area contributed by atoms with E-state index in [-0.39, 0.29) is 11.3 Å². The third-order valence-electron chi connectivity index (χ3n) is 3.54. The molecule has 0 aliphatic rings. The van der Waals surface area contributed by atoms with Crippen LogP contribution in [0.5, 0.6) is 0 Å². The molecule has 2 N–H and O–H groups in total. The molecule has 2 aromatic carbocycles. The summed E-state index contributed by atoms with van der Waals surface area (Å²) in [6, 6.07) is 16.6. The third-order valence-corrected chi connectivity index (χ3v) is 3.54. The van der Waals surface area contributed by atoms with Gasteiger partial charge in [0.15, 0.2) is 5.69 Å². The van der Waals surface area contributed by atoms with E-state index in [1.54, 1.807) is 30.5 Å². The Morgan fingerprint density at radius 1 is 1.08 bits per heavy atom. The minimum atomic E-state index is -0.490. The molecule has 0 fully saturated rings. The highest BCUT2D eigenvalue weighted by molar-refractivity contribution is 6.04. The molecule has 0 bridgehead atoms. The second-order valence-corrected chi connectivity index (χ2v) is 5.45. The summed E-state index contributed by atoms with van der Waals surface area (Å²) in [5.41, 5.74) is 4.15. The highest BCUT2D eigenvalue weighted by Gasteiger charge is 2.12. The van der Waals surface area contributed by atoms with Crippen molar-refractivity contribution in [2.45, 2.75) is 6.92 Å². The van der Waals surface area contributed by atoms with Gasteiger partial charge in [-0.1, -0.05) is 54.6 Å². The molecular weight excluding hydrogens is 316 g/mol. The van der Waals surface area contributed by atoms with Crippen molar-refractivity contribution in [1.82, 2.24) is 15.6 Å². The number of aromatic nitrogens is 2. The number of allylic oxidation sites excluding steroid dienone is 1. The fraction of sp³-hybridized carbons (Fsp3) is 0.0526. The molecule has 3 aromatic rings. The lowest BCUT2D eigenvalue weighted by atomic mass is 10.1. The summed E-state index contributed by atoms with van der Waals surface area (Å²) in [6.45, 7) is 1.89. The van der Waals surface area contributed by atoms with Crippen molar-refractivity contribution in [3.63, 3.8) is 0 Å². The van der Waals surface area contributed by atoms with Crippen molar-refractivity contribution in [3.05, 3.63) is 81.8 Å². The van der Waals surface area contributed by atoms with E-state index in [1.165, 1.54) is 0 Å². The average molecular weight is 332 g/mol. The Bertz CT molecular complexity index is 1020. The van der Waals surface area contributed by atoms with Gasteiger partial charge in [0, 0.05) is 5.39 Å². The van der Waals surface area contributed by atoms with Crippen LogP contribution < -0.4 is 11.0 Å². The molecule has 124 valence electrons. The number of rotatable bonds is 4. The van der Waals surface area contributed by atoms with Gasteiger partial charge in [-0.2, -0.15) is 10.2 Å². The Hall–Kier alpha value is -3.54. The van der Waals surface area contributed by atoms with Crippen molar-refractivity contribution in [2.75, 3.05) is 0 Å². The molecule has 1 heterocycles. The first kappa shape index (κ1) is 16.3. The molecule has 0 unspecified atom stereocenters. The first-order chi connectivity index (χ1) is 12.1. The predicted molar refractivity (Wildman–Crippen MR) is 98.4 cm³/mol. The lowest BCUT2D eigenvalue weighted by Gasteiger charge is -2.03. The number of fused-ring (bicyclic) bond motifs is 1. The number of benzene rings is 2. The van der Waals surface area contributed by atoms with E-state index in [4.69, 9.17) is 0 Å². The molecule has 1 aromatic heterocycles. The fourth-order valence-electron chi connectivity index (χ4n) is 2.38. The van der Waals surface area contributed by atoms with Crippen LogP contribution in [0.25, 0.3) is 16.8 Å². The van der Waals surface area contributed by atoms with Gasteiger partial charge >= 0.3 is 0 Å². The zero-order valence-corrected chi connectivity index (χ0v) is 13.6. The summed E-state index contributed by atoms with van der Waals surface area (Å²) in [6.07, 6.45) is 3.50. The second kappa shape index (κ2) is 7.35. The zero-order valence-electron chi connectivity index (χ0n) is 13.6. The highest BCUT2D eigenvalue weighted by Crippen LogP contribution is 2.12. The average Bonchev–Trinajstić information content (AvgIpc) is 2.63. The van der Waals surface area contributed by atoms with Gasteiger partial charge in [-0.15, -0.1) is 0 Å². The van der Waals surface area contributed by atoms with E-state index in [2.05, 4.69) is 20.7 Å². The van der Waals surface area contributed by atoms with Crippen LogP contribution in [0, 0.1) is 0 Å². The van der Waals surface area contributed by atoms with Crippen molar-refractivity contribution in [1.29, 1.82) is 0 Å². The molecule has 0 aliphatic heterocycles. The summed E-state index contributed by atoms with van der Waals surface area (Å²) in [5.74, 6) is -0.490. The Kier molecular flexibility index (Phi) is 4.80. The van der Waals surface area contributed by atoms with E-state index in [9.17, 15) is 9.59 Å². The van der Waals surface area contributed by atoms with E-state index < -0.39 is 5.91 Å². The first-order valence-electron chi connectivity index (χ1n) is 7.69. The van der Waals surface area contributed by atoms with Crippen LogP contribution >= 0.6 is 0 Å². The molecule has 1 amide bonds. The maximum Gasteiger partial charge on any atom is 0.292 e. The van der Waals surface area contributed by atoms with Crippen LogP contribution in [0.2, 0.25) is 0 Å². The first-order valence-corrected chi connectivity index (χ1v) is 7.69. The summed E-state index contributed by atoms with van der Waals surface area (Å²) < 4.78 is 0. The molecule has 0 atom stereocenters. The Morgan fingerprint density at radius 3 is 2.52 bits per heavy atom. The highest BCUT2D eigenvalue weighted by atomic mass is 16.2. The number of aromatic amines is 1. The normalized spacial score (nSPS) is 11.8. The predicted octanol–water partition coefficient (Wildman–Crippen LogP) is 2.74. The molecule has 6 heteroatoms. The molecule has 0 saturated heterocycles. The van der Waals surface area contributed by atoms with Gasteiger partial charge in [-0.05, 0) is 24.1 Å². The van der Waals surface area contributed by atoms with Gasteiger partial charge in [0.2, 0.25) is 0 Å². The maximum atomic E-state index is 12.3. The number of hydrazone groups is 1. The van der Waals surface area contributed by atoms with Crippen molar-refractivity contribution < 1.29 is 4.79 Å². The maximum absolute atomic E-state index is 12.3. The summed E-state index contributed by atoms with van der Waals surface area (Å²) in [5, 5.41) is 11.0. The standard InChI is InChI=1S/C19H16N4O2/c1-13(11-14-7-3-2-4-8-14)12-20-22-19(25)17-15-9-5-6-10-16(15)18(24)23-21-17/h2-12H,1H3,(H,22,25)(H,23,24)/b13-11-,20-12+. The van der Waals surface area contributed by atoms with Crippen LogP contribution in [-0.4, -0.2) is 22.3 Å². The summed E-state index contributed by atoms with van der Waals surface area (Å²) in [7, 11) is 0. The summed E-state index contributed by atoms with van der Waals surface area (Å²) in [4.78, 5) is 24.0. The van der Waals surface area contributed by atoms with Crippen molar-refractivity contribution >= 4 is 29.0 Å². The Morgan fingerprint density at radius 2 is 1.76 bits per heavy atom. The number of hydrogen-bond donors (Lipinski definition) is 2. The molecule has 25 heavy (non-hydrogen) atoms. The van der Waals surface area contributed by atoms with Gasteiger partial charge in [-0.3, -0.25) is 9.59 Å². The minimum absolute atomic E-state index is 0.122. The third kappa shape index (κ3) is 3.87. The van der Waals surface area contributed by atoms with E-state index in [1.807, 2.05) is 43.3 Å². The van der Waals surface area contributed by atoms with Gasteiger partial charge in [0.1, 0.15) is 0 Å². The molecular formula is C19H16N4O2. The number of nitrogens with zero attached hydrogens (tertiary/aromatic N) is 2. The van der Waals surface area contributed by atoms with Crippen LogP contribution in [0.15, 0.2) is 70.1 Å². The van der Waals surface area contributed by atoms with E-state index >= 15 is 0 Å². The smallest absolute Gasteiger partial charge is 0.267 e. The number of H-pyrrole nitrogens is 1. The quantitative estimate of drug-likeness (QED) is 0.569. The fourth-order valence-corrected chi connectivity index (χ4v) is 2.38. The topological polar surface area (TPSA) is 87.2 Å². The monoisotopic (exact) mass is 332 g/mol. The van der Waals surface area contributed by atoms with E-state index in [0.717, 1.165) is 11.1 Å². The van der Waals surface area contributed by atoms with Crippen molar-refractivity contribution in [2.24, 2.45) is 5.10 Å². The lowest BCUT2D eigenvalue weighted by Crippen LogP contribution is -2.22. The van der Waals surface area contributed by atoms with Gasteiger partial charge < -0.3 is 0 Å². The van der Waals surface area contributed by atoms with Gasteiger partial charge in [-0.25, -0.2) is 10.5 Å². The molecule has 0 saturated carbocycles. The zero-order chi connectivity index (χ0) is 17.6. The minimum Gasteiger partial charge on any atom is -0.267 e. The van der Waals surface area contributed by atoms with Crippen LogP contribution in [-0.2, 0) is 0 Å². The second-order valence-electron chi connectivity index (χ2n) is 5.45. The van der Waals surface area contributed by atoms with Gasteiger partial charge in [0.25, 0.3) is 11.5 Å². The SMILES string of the molecule is CC(=C/c1ccccc1)/C=N/NC(=O)c1n[nH]c(=O)c2ccccc12. The Labute approximate surface area is 143 Å². The molecule has 6 nitrogen and oxygen atoms in total. The van der Waals surface area contributed by atoms with E-state index in [0.29, 0.717) is 10.8 Å². The molecule has 3 rings (SSSR count). The Balaban J connectivity index is 1.76. The molecule has 0 radical (unpaired) electrons. The molecule has 0 spiro atoms. The largest absolute Gasteiger partial charge is 0.292 e. The summed E-state index contributed by atoms with van der Waals surface area (Å²) >= 11 is 0. The number of carbonyl (C=O) groups excluding carboxylic acids is 1. The number of carbonyl (C=O) groups is 1. The van der Waals surface area contributed by atoms with Gasteiger partial charge in [0.05, 0.1) is 11.6 Å². The van der Waals surface area contributed by atoms with Crippen LogP contribution in [0.3, 0.4) is 0 Å².